The fraction of sp³-hybridized carbons (Fsp3) is 0.462. The van der Waals surface area contributed by atoms with Gasteiger partial charge in [0.25, 0.3) is 0 Å². The zero-order chi connectivity index (χ0) is 14.4. The van der Waals surface area contributed by atoms with Crippen LogP contribution in [0.3, 0.4) is 0 Å². The molecule has 0 fully saturated rings. The van der Waals surface area contributed by atoms with Gasteiger partial charge in [-0.05, 0) is 25.0 Å². The number of hydrogen-bond acceptors (Lipinski definition) is 3. The van der Waals surface area contributed by atoms with Crippen molar-refractivity contribution in [3.8, 4) is 0 Å². The van der Waals surface area contributed by atoms with Crippen LogP contribution in [-0.2, 0) is 20.0 Å². The summed E-state index contributed by atoms with van der Waals surface area (Å²) in [6.07, 6.45) is 8.12. The molecule has 0 radical (unpaired) electrons. The van der Waals surface area contributed by atoms with Gasteiger partial charge in [-0.1, -0.05) is 0 Å². The first-order valence-corrected chi connectivity index (χ1v) is 6.63. The topological polar surface area (TPSA) is 76.8 Å². The van der Waals surface area contributed by atoms with Crippen LogP contribution in [0.1, 0.15) is 12.5 Å². The second-order valence-electron chi connectivity index (χ2n) is 4.80. The van der Waals surface area contributed by atoms with Gasteiger partial charge in [0.1, 0.15) is 0 Å². The predicted octanol–water partition coefficient (Wildman–Crippen LogP) is 0.547. The SMILES string of the molecule is C[C@H](Cn1cccn1)NC(=O)NCCc1cnn(C)c1. The molecule has 0 bridgehead atoms. The average Bonchev–Trinajstić information content (AvgIpc) is 3.01. The van der Waals surface area contributed by atoms with Crippen molar-refractivity contribution in [1.29, 1.82) is 0 Å². The first-order valence-electron chi connectivity index (χ1n) is 6.63. The highest BCUT2D eigenvalue weighted by atomic mass is 16.2. The number of carbonyl (C=O) groups excluding carboxylic acids is 1. The molecule has 0 aromatic carbocycles. The standard InChI is InChI=1S/C13H20N6O/c1-11(9-19-7-3-5-15-19)17-13(20)14-6-4-12-8-16-18(2)10-12/h3,5,7-8,10-11H,4,6,9H2,1-2H3,(H2,14,17,20)/t11-/m1/s1. The van der Waals surface area contributed by atoms with Crippen molar-refractivity contribution in [2.24, 2.45) is 7.05 Å². The lowest BCUT2D eigenvalue weighted by atomic mass is 10.2. The molecule has 7 nitrogen and oxygen atoms in total. The van der Waals surface area contributed by atoms with Crippen molar-refractivity contribution in [3.05, 3.63) is 36.4 Å². The maximum Gasteiger partial charge on any atom is 0.315 e. The van der Waals surface area contributed by atoms with Gasteiger partial charge in [0.15, 0.2) is 0 Å². The minimum Gasteiger partial charge on any atom is -0.338 e. The molecule has 20 heavy (non-hydrogen) atoms. The molecule has 108 valence electrons. The molecule has 2 amide bonds. The van der Waals surface area contributed by atoms with E-state index in [9.17, 15) is 4.79 Å². The number of rotatable bonds is 6. The van der Waals surface area contributed by atoms with E-state index in [1.54, 1.807) is 21.8 Å². The van der Waals surface area contributed by atoms with E-state index in [1.165, 1.54) is 0 Å². The van der Waals surface area contributed by atoms with Gasteiger partial charge in [-0.3, -0.25) is 9.36 Å². The molecule has 0 spiro atoms. The summed E-state index contributed by atoms with van der Waals surface area (Å²) in [6.45, 7) is 3.19. The molecule has 0 saturated heterocycles. The number of nitrogens with zero attached hydrogens (tertiary/aromatic N) is 4. The van der Waals surface area contributed by atoms with Crippen LogP contribution in [0.4, 0.5) is 4.79 Å². The van der Waals surface area contributed by atoms with E-state index in [1.807, 2.05) is 32.4 Å². The highest BCUT2D eigenvalue weighted by Crippen LogP contribution is 1.96. The molecule has 2 rings (SSSR count). The smallest absolute Gasteiger partial charge is 0.315 e. The monoisotopic (exact) mass is 276 g/mol. The zero-order valence-corrected chi connectivity index (χ0v) is 11.8. The van der Waals surface area contributed by atoms with Crippen LogP contribution in [0.2, 0.25) is 0 Å². The van der Waals surface area contributed by atoms with E-state index in [2.05, 4.69) is 20.8 Å². The third kappa shape index (κ3) is 4.42. The van der Waals surface area contributed by atoms with Crippen molar-refractivity contribution in [2.75, 3.05) is 6.54 Å². The number of carbonyl (C=O) groups is 1. The van der Waals surface area contributed by atoms with Crippen molar-refractivity contribution in [3.63, 3.8) is 0 Å². The normalized spacial score (nSPS) is 12.1. The fourth-order valence-corrected chi connectivity index (χ4v) is 1.93. The van der Waals surface area contributed by atoms with Crippen LogP contribution < -0.4 is 10.6 Å². The second kappa shape index (κ2) is 6.74. The highest BCUT2D eigenvalue weighted by molar-refractivity contribution is 5.74. The zero-order valence-electron chi connectivity index (χ0n) is 11.8. The molecule has 0 aliphatic heterocycles. The summed E-state index contributed by atoms with van der Waals surface area (Å²) < 4.78 is 3.54. The van der Waals surface area contributed by atoms with Gasteiger partial charge < -0.3 is 10.6 Å². The minimum atomic E-state index is -0.159. The molecule has 2 aromatic heterocycles. The van der Waals surface area contributed by atoms with Crippen LogP contribution in [0, 0.1) is 0 Å². The minimum absolute atomic E-state index is 0.0216. The van der Waals surface area contributed by atoms with Crippen molar-refractivity contribution in [1.82, 2.24) is 30.2 Å². The maximum atomic E-state index is 11.7. The summed E-state index contributed by atoms with van der Waals surface area (Å²) in [6, 6.07) is 1.72. The molecular weight excluding hydrogens is 256 g/mol. The lowest BCUT2D eigenvalue weighted by molar-refractivity contribution is 0.236. The Labute approximate surface area is 118 Å². The summed E-state index contributed by atoms with van der Waals surface area (Å²) in [5.41, 5.74) is 1.11. The second-order valence-corrected chi connectivity index (χ2v) is 4.80. The highest BCUT2D eigenvalue weighted by Gasteiger charge is 2.07. The van der Waals surface area contributed by atoms with E-state index < -0.39 is 0 Å². The van der Waals surface area contributed by atoms with Crippen molar-refractivity contribution < 1.29 is 4.79 Å². The molecule has 2 N–H and O–H groups in total. The lowest BCUT2D eigenvalue weighted by Gasteiger charge is -2.14. The first-order chi connectivity index (χ1) is 9.63. The van der Waals surface area contributed by atoms with Gasteiger partial charge in [-0.25, -0.2) is 4.79 Å². The van der Waals surface area contributed by atoms with E-state index in [0.717, 1.165) is 12.0 Å². The van der Waals surface area contributed by atoms with Crippen LogP contribution >= 0.6 is 0 Å². The van der Waals surface area contributed by atoms with Crippen molar-refractivity contribution in [2.45, 2.75) is 25.9 Å². The molecule has 0 aliphatic carbocycles. The van der Waals surface area contributed by atoms with Gasteiger partial charge in [0.2, 0.25) is 0 Å². The molecular formula is C13H20N6O. The Balaban J connectivity index is 1.64. The van der Waals surface area contributed by atoms with E-state index in [-0.39, 0.29) is 12.1 Å². The summed E-state index contributed by atoms with van der Waals surface area (Å²) in [7, 11) is 1.88. The van der Waals surface area contributed by atoms with Gasteiger partial charge >= 0.3 is 6.03 Å². The fourth-order valence-electron chi connectivity index (χ4n) is 1.93. The van der Waals surface area contributed by atoms with Crippen LogP contribution in [0.15, 0.2) is 30.9 Å². The summed E-state index contributed by atoms with van der Waals surface area (Å²) in [5, 5.41) is 13.9. The molecule has 0 aliphatic rings. The predicted molar refractivity (Wildman–Crippen MR) is 75.1 cm³/mol. The van der Waals surface area contributed by atoms with Gasteiger partial charge in [0, 0.05) is 38.2 Å². The third-order valence-electron chi connectivity index (χ3n) is 2.86. The van der Waals surface area contributed by atoms with Crippen LogP contribution in [0.5, 0.6) is 0 Å². The first kappa shape index (κ1) is 14.1. The van der Waals surface area contributed by atoms with Gasteiger partial charge in [0.05, 0.1) is 12.7 Å². The van der Waals surface area contributed by atoms with Gasteiger partial charge in [-0.15, -0.1) is 0 Å². The molecule has 2 heterocycles. The Morgan fingerprint density at radius 1 is 1.45 bits per heavy atom. The molecule has 0 unspecified atom stereocenters. The largest absolute Gasteiger partial charge is 0.338 e. The van der Waals surface area contributed by atoms with E-state index in [4.69, 9.17) is 0 Å². The van der Waals surface area contributed by atoms with Gasteiger partial charge in [-0.2, -0.15) is 10.2 Å². The molecule has 1 atom stereocenters. The Morgan fingerprint density at radius 2 is 2.30 bits per heavy atom. The van der Waals surface area contributed by atoms with Crippen LogP contribution in [0.25, 0.3) is 0 Å². The number of hydrogen-bond donors (Lipinski definition) is 2. The molecule has 7 heteroatoms. The number of nitrogens with one attached hydrogen (secondary N) is 2. The quantitative estimate of drug-likeness (QED) is 0.809. The average molecular weight is 276 g/mol. The number of aromatic nitrogens is 4. The van der Waals surface area contributed by atoms with Crippen LogP contribution in [-0.4, -0.2) is 38.2 Å². The number of amides is 2. The number of urea groups is 1. The summed E-state index contributed by atoms with van der Waals surface area (Å²) in [5.74, 6) is 0. The number of aryl methyl sites for hydroxylation is 1. The Bertz CT molecular complexity index is 533. The van der Waals surface area contributed by atoms with E-state index >= 15 is 0 Å². The Morgan fingerprint density at radius 3 is 2.95 bits per heavy atom. The van der Waals surface area contributed by atoms with Crippen molar-refractivity contribution >= 4 is 6.03 Å². The lowest BCUT2D eigenvalue weighted by Crippen LogP contribution is -2.43. The summed E-state index contributed by atoms with van der Waals surface area (Å²) >= 11 is 0. The third-order valence-corrected chi connectivity index (χ3v) is 2.86. The Hall–Kier alpha value is -2.31. The molecule has 0 saturated carbocycles. The Kier molecular flexibility index (Phi) is 4.75. The van der Waals surface area contributed by atoms with E-state index in [0.29, 0.717) is 13.1 Å². The maximum absolute atomic E-state index is 11.7. The molecule has 2 aromatic rings. The summed E-state index contributed by atoms with van der Waals surface area (Å²) in [4.78, 5) is 11.7.